The minimum atomic E-state index is -0.247. The van der Waals surface area contributed by atoms with Gasteiger partial charge >= 0.3 is 0 Å². The number of nitrogens with one attached hydrogen (secondary N) is 1. The Hall–Kier alpha value is -1.13. The van der Waals surface area contributed by atoms with Crippen molar-refractivity contribution in [3.63, 3.8) is 0 Å². The number of piperidine rings is 1. The maximum atomic E-state index is 14.0. The summed E-state index contributed by atoms with van der Waals surface area (Å²) >= 11 is 0. The Morgan fingerprint density at radius 1 is 1.19 bits per heavy atom. The molecular formula is C17H25FN2O. The van der Waals surface area contributed by atoms with Crippen LogP contribution in [0.3, 0.4) is 0 Å². The minimum Gasteiger partial charge on any atom is -0.489 e. The average molecular weight is 292 g/mol. The third-order valence-electron chi connectivity index (χ3n) is 4.28. The predicted octanol–water partition coefficient (Wildman–Crippen LogP) is 2.94. The van der Waals surface area contributed by atoms with Crippen molar-refractivity contribution >= 4 is 0 Å². The lowest BCUT2D eigenvalue weighted by Crippen LogP contribution is -2.33. The first-order valence-electron chi connectivity index (χ1n) is 8.18. The zero-order chi connectivity index (χ0) is 14.5. The van der Waals surface area contributed by atoms with Crippen LogP contribution in [0.4, 0.5) is 4.39 Å². The van der Waals surface area contributed by atoms with Gasteiger partial charge in [-0.3, -0.25) is 4.90 Å². The zero-order valence-corrected chi connectivity index (χ0v) is 12.6. The van der Waals surface area contributed by atoms with E-state index < -0.39 is 0 Å². The van der Waals surface area contributed by atoms with Crippen LogP contribution < -0.4 is 10.1 Å². The Balaban J connectivity index is 1.43. The van der Waals surface area contributed by atoms with Gasteiger partial charge in [-0.25, -0.2) is 4.39 Å². The van der Waals surface area contributed by atoms with E-state index in [4.69, 9.17) is 4.74 Å². The minimum absolute atomic E-state index is 0.247. The molecule has 21 heavy (non-hydrogen) atoms. The predicted molar refractivity (Wildman–Crippen MR) is 82.0 cm³/mol. The van der Waals surface area contributed by atoms with Crippen LogP contribution in [0.5, 0.6) is 5.75 Å². The molecule has 1 N–H and O–H groups in total. The van der Waals surface area contributed by atoms with Gasteiger partial charge in [0.15, 0.2) is 11.6 Å². The Morgan fingerprint density at radius 2 is 2.00 bits per heavy atom. The van der Waals surface area contributed by atoms with Crippen LogP contribution >= 0.6 is 0 Å². The number of likely N-dealkylation sites (tertiary alicyclic amines) is 1. The maximum absolute atomic E-state index is 14.0. The van der Waals surface area contributed by atoms with Gasteiger partial charge in [0, 0.05) is 19.1 Å². The van der Waals surface area contributed by atoms with Crippen LogP contribution in [0.25, 0.3) is 0 Å². The molecule has 1 aromatic carbocycles. The van der Waals surface area contributed by atoms with E-state index in [0.29, 0.717) is 18.4 Å². The Bertz CT molecular complexity index is 456. The number of nitrogens with zero attached hydrogens (tertiary/aromatic N) is 1. The van der Waals surface area contributed by atoms with E-state index >= 15 is 0 Å². The van der Waals surface area contributed by atoms with Gasteiger partial charge < -0.3 is 10.1 Å². The number of ether oxygens (including phenoxy) is 1. The molecule has 2 aliphatic rings. The van der Waals surface area contributed by atoms with Gasteiger partial charge in [-0.15, -0.1) is 0 Å². The molecule has 4 heteroatoms. The monoisotopic (exact) mass is 292 g/mol. The van der Waals surface area contributed by atoms with E-state index in [2.05, 4.69) is 10.2 Å². The molecule has 0 aromatic heterocycles. The van der Waals surface area contributed by atoms with E-state index in [-0.39, 0.29) is 5.82 Å². The molecule has 0 radical (unpaired) electrons. The van der Waals surface area contributed by atoms with Crippen molar-refractivity contribution in [2.75, 3.05) is 26.2 Å². The second kappa shape index (κ2) is 7.23. The van der Waals surface area contributed by atoms with E-state index in [0.717, 1.165) is 31.7 Å². The van der Waals surface area contributed by atoms with E-state index in [1.54, 1.807) is 12.1 Å². The van der Waals surface area contributed by atoms with Crippen molar-refractivity contribution in [3.8, 4) is 5.75 Å². The second-order valence-corrected chi connectivity index (χ2v) is 6.17. The molecule has 1 heterocycles. The molecule has 3 rings (SSSR count). The molecule has 1 aromatic rings. The van der Waals surface area contributed by atoms with Crippen molar-refractivity contribution in [2.45, 2.75) is 44.7 Å². The molecule has 0 spiro atoms. The Kier molecular flexibility index (Phi) is 5.09. The van der Waals surface area contributed by atoms with Crippen LogP contribution in [0.2, 0.25) is 0 Å². The van der Waals surface area contributed by atoms with Crippen molar-refractivity contribution in [2.24, 2.45) is 0 Å². The van der Waals surface area contributed by atoms with Gasteiger partial charge in [0.25, 0.3) is 0 Å². The first kappa shape index (κ1) is 14.8. The molecule has 0 unspecified atom stereocenters. The molecule has 2 fully saturated rings. The first-order chi connectivity index (χ1) is 10.3. The Morgan fingerprint density at radius 3 is 2.71 bits per heavy atom. The summed E-state index contributed by atoms with van der Waals surface area (Å²) < 4.78 is 19.6. The average Bonchev–Trinajstić information content (AvgIpc) is 3.32. The molecule has 116 valence electrons. The van der Waals surface area contributed by atoms with Crippen LogP contribution in [-0.2, 0) is 6.54 Å². The summed E-state index contributed by atoms with van der Waals surface area (Å²) in [5.74, 6) is 0.130. The fourth-order valence-corrected chi connectivity index (χ4v) is 2.79. The highest BCUT2D eigenvalue weighted by Gasteiger charge is 2.20. The molecule has 1 aliphatic carbocycles. The van der Waals surface area contributed by atoms with E-state index in [9.17, 15) is 4.39 Å². The number of rotatable bonds is 7. The molecular weight excluding hydrogens is 267 g/mol. The van der Waals surface area contributed by atoms with Crippen molar-refractivity contribution < 1.29 is 9.13 Å². The maximum Gasteiger partial charge on any atom is 0.165 e. The van der Waals surface area contributed by atoms with Gasteiger partial charge in [0.05, 0.1) is 0 Å². The summed E-state index contributed by atoms with van der Waals surface area (Å²) in [5.41, 5.74) is 0.989. The fourth-order valence-electron chi connectivity index (χ4n) is 2.79. The summed E-state index contributed by atoms with van der Waals surface area (Å²) in [6, 6.07) is 5.95. The standard InChI is InChI=1S/C17H25FN2O/c18-16-12-14(13-19-15-5-6-15)4-7-17(16)21-11-10-20-8-2-1-3-9-20/h4,7,12,15,19H,1-3,5-6,8-11,13H2. The van der Waals surface area contributed by atoms with Crippen molar-refractivity contribution in [1.82, 2.24) is 10.2 Å². The van der Waals surface area contributed by atoms with Crippen LogP contribution in [0.15, 0.2) is 18.2 Å². The smallest absolute Gasteiger partial charge is 0.165 e. The SMILES string of the molecule is Fc1cc(CNC2CC2)ccc1OCCN1CCCCC1. The summed E-state index contributed by atoms with van der Waals surface area (Å²) in [6.07, 6.45) is 6.39. The molecule has 0 atom stereocenters. The van der Waals surface area contributed by atoms with Crippen molar-refractivity contribution in [3.05, 3.63) is 29.6 Å². The molecule has 0 amide bonds. The molecule has 1 aliphatic heterocycles. The first-order valence-corrected chi connectivity index (χ1v) is 8.18. The summed E-state index contributed by atoms with van der Waals surface area (Å²) in [6.45, 7) is 4.51. The lowest BCUT2D eigenvalue weighted by atomic mass is 10.1. The van der Waals surface area contributed by atoms with E-state index in [1.807, 2.05) is 6.07 Å². The van der Waals surface area contributed by atoms with Crippen LogP contribution in [-0.4, -0.2) is 37.2 Å². The largest absolute Gasteiger partial charge is 0.489 e. The molecule has 1 saturated heterocycles. The number of hydrogen-bond acceptors (Lipinski definition) is 3. The topological polar surface area (TPSA) is 24.5 Å². The Labute approximate surface area is 126 Å². The van der Waals surface area contributed by atoms with E-state index in [1.165, 1.54) is 32.1 Å². The lowest BCUT2D eigenvalue weighted by molar-refractivity contribution is 0.180. The fraction of sp³-hybridized carbons (Fsp3) is 0.647. The quantitative estimate of drug-likeness (QED) is 0.836. The molecule has 0 bridgehead atoms. The van der Waals surface area contributed by atoms with Gasteiger partial charge in [0.1, 0.15) is 6.61 Å². The number of halogens is 1. The highest BCUT2D eigenvalue weighted by Crippen LogP contribution is 2.21. The van der Waals surface area contributed by atoms with Crippen LogP contribution in [0, 0.1) is 5.82 Å². The summed E-state index contributed by atoms with van der Waals surface area (Å²) in [4.78, 5) is 2.40. The molecule has 1 saturated carbocycles. The van der Waals surface area contributed by atoms with Crippen molar-refractivity contribution in [1.29, 1.82) is 0 Å². The zero-order valence-electron chi connectivity index (χ0n) is 12.6. The third kappa shape index (κ3) is 4.68. The van der Waals surface area contributed by atoms with Gasteiger partial charge in [0.2, 0.25) is 0 Å². The normalized spacial score (nSPS) is 19.7. The number of hydrogen-bond donors (Lipinski definition) is 1. The second-order valence-electron chi connectivity index (χ2n) is 6.17. The van der Waals surface area contributed by atoms with Gasteiger partial charge in [-0.05, 0) is 56.5 Å². The van der Waals surface area contributed by atoms with Crippen LogP contribution in [0.1, 0.15) is 37.7 Å². The highest BCUT2D eigenvalue weighted by atomic mass is 19.1. The van der Waals surface area contributed by atoms with Gasteiger partial charge in [-0.2, -0.15) is 0 Å². The number of benzene rings is 1. The molecule has 3 nitrogen and oxygen atoms in total. The van der Waals surface area contributed by atoms with Gasteiger partial charge in [-0.1, -0.05) is 12.5 Å². The summed E-state index contributed by atoms with van der Waals surface area (Å²) in [5, 5.41) is 3.39. The lowest BCUT2D eigenvalue weighted by Gasteiger charge is -2.26. The highest BCUT2D eigenvalue weighted by molar-refractivity contribution is 5.29. The third-order valence-corrected chi connectivity index (χ3v) is 4.28. The summed E-state index contributed by atoms with van der Waals surface area (Å²) in [7, 11) is 0.